The Morgan fingerprint density at radius 2 is 1.50 bits per heavy atom. The van der Waals surface area contributed by atoms with Gasteiger partial charge in [0.05, 0.1) is 6.61 Å². The van der Waals surface area contributed by atoms with Crippen LogP contribution in [0.4, 0.5) is 0 Å². The maximum Gasteiger partial charge on any atom is 0.118 e. The minimum atomic E-state index is 0.203. The third kappa shape index (κ3) is 10.7. The largest absolute Gasteiger partial charge is 0.395 e. The van der Waals surface area contributed by atoms with E-state index in [-0.39, 0.29) is 12.8 Å². The zero-order valence-corrected chi connectivity index (χ0v) is 15.9. The number of unbranched alkanes of at least 4 members (excludes halogenated alkanes) is 12. The fraction of sp³-hybridized carbons (Fsp3) is 0.810. The summed E-state index contributed by atoms with van der Waals surface area (Å²) in [5, 5.41) is 12.3. The first-order valence-electron chi connectivity index (χ1n) is 10.3. The van der Waals surface area contributed by atoms with Gasteiger partial charge in [-0.2, -0.15) is 0 Å². The summed E-state index contributed by atoms with van der Waals surface area (Å²) in [5.41, 5.74) is 0. The second kappa shape index (κ2) is 15.6. The number of nitrogens with zero attached hydrogens (tertiary/aromatic N) is 1. The number of hydrogen-bond donors (Lipinski definition) is 2. The molecule has 0 saturated carbocycles. The van der Waals surface area contributed by atoms with Gasteiger partial charge in [0.1, 0.15) is 6.17 Å². The van der Waals surface area contributed by atoms with Crippen LogP contribution in [-0.2, 0) is 0 Å². The minimum absolute atomic E-state index is 0.203. The number of nitrogens with one attached hydrogen (secondary N) is 1. The summed E-state index contributed by atoms with van der Waals surface area (Å²) in [7, 11) is 0. The third-order valence-electron chi connectivity index (χ3n) is 4.79. The van der Waals surface area contributed by atoms with E-state index in [2.05, 4.69) is 29.3 Å². The molecule has 1 rings (SSSR count). The summed E-state index contributed by atoms with van der Waals surface area (Å²) >= 11 is 0. The molecule has 0 aromatic heterocycles. The van der Waals surface area contributed by atoms with Crippen molar-refractivity contribution in [3.63, 3.8) is 0 Å². The van der Waals surface area contributed by atoms with E-state index in [9.17, 15) is 0 Å². The predicted octanol–water partition coefficient (Wildman–Crippen LogP) is 5.33. The van der Waals surface area contributed by atoms with Gasteiger partial charge in [-0.05, 0) is 18.9 Å². The van der Waals surface area contributed by atoms with Crippen molar-refractivity contribution < 1.29 is 5.11 Å². The average Bonchev–Trinajstić information content (AvgIpc) is 3.03. The van der Waals surface area contributed by atoms with Crippen LogP contribution in [0.1, 0.15) is 90.4 Å². The van der Waals surface area contributed by atoms with Crippen molar-refractivity contribution in [2.75, 3.05) is 13.2 Å². The van der Waals surface area contributed by atoms with Gasteiger partial charge in [0, 0.05) is 18.9 Å². The first-order chi connectivity index (χ1) is 11.9. The van der Waals surface area contributed by atoms with E-state index < -0.39 is 0 Å². The molecule has 140 valence electrons. The molecule has 0 saturated heterocycles. The number of allylic oxidation sites excluding steroid dienone is 1. The normalized spacial score (nSPS) is 17.1. The van der Waals surface area contributed by atoms with Crippen molar-refractivity contribution in [2.45, 2.75) is 96.6 Å². The number of aliphatic hydroxyl groups is 1. The van der Waals surface area contributed by atoms with Gasteiger partial charge in [-0.25, -0.2) is 0 Å². The molecule has 24 heavy (non-hydrogen) atoms. The van der Waals surface area contributed by atoms with Gasteiger partial charge in [0.25, 0.3) is 0 Å². The molecule has 0 aliphatic carbocycles. The standard InChI is InChI=1S/C21H40N2O/c1-2-3-4-5-6-7-8-9-10-11-12-13-14-15-16-21-22-17-18-23(21)19-20-24/h15-18,21-22,24H,2-14,19-20H2,1H3/b16-15+. The lowest BCUT2D eigenvalue weighted by molar-refractivity contribution is 0.220. The summed E-state index contributed by atoms with van der Waals surface area (Å²) in [4.78, 5) is 2.12. The van der Waals surface area contributed by atoms with Gasteiger partial charge < -0.3 is 15.3 Å². The lowest BCUT2D eigenvalue weighted by Crippen LogP contribution is -2.35. The number of aliphatic hydroxyl groups excluding tert-OH is 1. The minimum Gasteiger partial charge on any atom is -0.395 e. The molecular formula is C21H40N2O. The summed E-state index contributed by atoms with van der Waals surface area (Å²) in [6.07, 6.45) is 26.7. The number of β-amino-alcohol motifs (C(OH)–C–C–N with tert-alkyl or cyclic N) is 1. The quantitative estimate of drug-likeness (QED) is 0.295. The van der Waals surface area contributed by atoms with Crippen molar-refractivity contribution in [1.29, 1.82) is 0 Å². The molecule has 1 aliphatic rings. The Kier molecular flexibility index (Phi) is 13.7. The van der Waals surface area contributed by atoms with Crippen LogP contribution in [0.5, 0.6) is 0 Å². The Morgan fingerprint density at radius 3 is 2.08 bits per heavy atom. The highest BCUT2D eigenvalue weighted by Gasteiger charge is 2.13. The number of rotatable bonds is 16. The number of hydrogen-bond acceptors (Lipinski definition) is 3. The molecule has 0 spiro atoms. The molecule has 0 aromatic carbocycles. The Hall–Kier alpha value is -0.960. The highest BCUT2D eigenvalue weighted by Crippen LogP contribution is 2.13. The maximum absolute atomic E-state index is 9.01. The molecule has 1 unspecified atom stereocenters. The Bertz CT molecular complexity index is 328. The molecule has 3 nitrogen and oxygen atoms in total. The van der Waals surface area contributed by atoms with Gasteiger partial charge >= 0.3 is 0 Å². The lowest BCUT2D eigenvalue weighted by Gasteiger charge is -2.21. The first kappa shape index (κ1) is 21.1. The maximum atomic E-state index is 9.01. The van der Waals surface area contributed by atoms with Crippen molar-refractivity contribution in [3.8, 4) is 0 Å². The summed E-state index contributed by atoms with van der Waals surface area (Å²) in [5.74, 6) is 0. The summed E-state index contributed by atoms with van der Waals surface area (Å²) in [6, 6.07) is 0. The fourth-order valence-electron chi connectivity index (χ4n) is 3.25. The molecule has 0 amide bonds. The average molecular weight is 337 g/mol. The molecule has 0 aromatic rings. The van der Waals surface area contributed by atoms with E-state index in [4.69, 9.17) is 5.11 Å². The highest BCUT2D eigenvalue weighted by atomic mass is 16.3. The molecule has 0 bridgehead atoms. The first-order valence-corrected chi connectivity index (χ1v) is 10.3. The fourth-order valence-corrected chi connectivity index (χ4v) is 3.25. The predicted molar refractivity (Wildman–Crippen MR) is 105 cm³/mol. The molecule has 1 atom stereocenters. The lowest BCUT2D eigenvalue weighted by atomic mass is 10.0. The summed E-state index contributed by atoms with van der Waals surface area (Å²) in [6.45, 7) is 3.18. The molecule has 0 radical (unpaired) electrons. The van der Waals surface area contributed by atoms with Crippen LogP contribution in [0, 0.1) is 0 Å². The van der Waals surface area contributed by atoms with E-state index in [0.717, 1.165) is 0 Å². The molecule has 0 fully saturated rings. The van der Waals surface area contributed by atoms with Crippen LogP contribution in [0.25, 0.3) is 0 Å². The summed E-state index contributed by atoms with van der Waals surface area (Å²) < 4.78 is 0. The molecule has 1 heterocycles. The van der Waals surface area contributed by atoms with E-state index in [1.807, 2.05) is 12.4 Å². The molecule has 2 N–H and O–H groups in total. The monoisotopic (exact) mass is 336 g/mol. The topological polar surface area (TPSA) is 35.5 Å². The second-order valence-electron chi connectivity index (χ2n) is 6.99. The van der Waals surface area contributed by atoms with Crippen LogP contribution in [0.15, 0.2) is 24.6 Å². The van der Waals surface area contributed by atoms with Crippen LogP contribution < -0.4 is 5.32 Å². The van der Waals surface area contributed by atoms with E-state index in [1.54, 1.807) is 0 Å². The van der Waals surface area contributed by atoms with Gasteiger partial charge in [0.15, 0.2) is 0 Å². The Balaban J connectivity index is 1.83. The van der Waals surface area contributed by atoms with Crippen LogP contribution in [0.2, 0.25) is 0 Å². The zero-order valence-electron chi connectivity index (χ0n) is 15.9. The molecule has 3 heteroatoms. The zero-order chi connectivity index (χ0) is 17.3. The van der Waals surface area contributed by atoms with E-state index in [0.29, 0.717) is 6.54 Å². The van der Waals surface area contributed by atoms with Crippen LogP contribution in [0.3, 0.4) is 0 Å². The second-order valence-corrected chi connectivity index (χ2v) is 6.99. The highest BCUT2D eigenvalue weighted by molar-refractivity contribution is 5.04. The SMILES string of the molecule is CCCCCCCCCCCCCC/C=C/C1NC=CN1CCO. The molecular weight excluding hydrogens is 296 g/mol. The van der Waals surface area contributed by atoms with E-state index >= 15 is 0 Å². The molecule has 1 aliphatic heterocycles. The third-order valence-corrected chi connectivity index (χ3v) is 4.79. The Labute approximate surface area is 150 Å². The van der Waals surface area contributed by atoms with Crippen molar-refractivity contribution >= 4 is 0 Å². The van der Waals surface area contributed by atoms with Crippen LogP contribution >= 0.6 is 0 Å². The van der Waals surface area contributed by atoms with Crippen LogP contribution in [-0.4, -0.2) is 29.3 Å². The Morgan fingerprint density at radius 1 is 0.917 bits per heavy atom. The van der Waals surface area contributed by atoms with Gasteiger partial charge in [-0.15, -0.1) is 0 Å². The van der Waals surface area contributed by atoms with Gasteiger partial charge in [0.2, 0.25) is 0 Å². The smallest absolute Gasteiger partial charge is 0.118 e. The van der Waals surface area contributed by atoms with Gasteiger partial charge in [-0.3, -0.25) is 0 Å². The van der Waals surface area contributed by atoms with Crippen molar-refractivity contribution in [1.82, 2.24) is 10.2 Å². The van der Waals surface area contributed by atoms with Crippen molar-refractivity contribution in [3.05, 3.63) is 24.6 Å². The van der Waals surface area contributed by atoms with Gasteiger partial charge in [-0.1, -0.05) is 83.6 Å². The van der Waals surface area contributed by atoms with E-state index in [1.165, 1.54) is 83.5 Å². The van der Waals surface area contributed by atoms with Crippen molar-refractivity contribution in [2.24, 2.45) is 0 Å².